The van der Waals surface area contributed by atoms with Crippen molar-refractivity contribution in [3.8, 4) is 0 Å². The van der Waals surface area contributed by atoms with Crippen LogP contribution in [0, 0.1) is 11.3 Å². The molecule has 3 fully saturated rings. The summed E-state index contributed by atoms with van der Waals surface area (Å²) in [7, 11) is 0. The first kappa shape index (κ1) is 15.0. The summed E-state index contributed by atoms with van der Waals surface area (Å²) in [6.07, 6.45) is 11.2. The largest absolute Gasteiger partial charge is 0.330 e. The Labute approximate surface area is 127 Å². The van der Waals surface area contributed by atoms with E-state index in [2.05, 4.69) is 0 Å². The van der Waals surface area contributed by atoms with Crippen LogP contribution in [0.3, 0.4) is 0 Å². The minimum absolute atomic E-state index is 0.0754. The molecule has 0 aromatic rings. The van der Waals surface area contributed by atoms with Gasteiger partial charge in [-0.05, 0) is 38.1 Å². The summed E-state index contributed by atoms with van der Waals surface area (Å²) in [5.74, 6) is 0.527. The maximum absolute atomic E-state index is 13.1. The van der Waals surface area contributed by atoms with Crippen molar-refractivity contribution < 1.29 is 9.59 Å². The molecule has 2 saturated carbocycles. The second kappa shape index (κ2) is 6.07. The van der Waals surface area contributed by atoms with Crippen molar-refractivity contribution in [3.63, 3.8) is 0 Å². The Morgan fingerprint density at radius 1 is 1.00 bits per heavy atom. The molecule has 0 radical (unpaired) electrons. The minimum Gasteiger partial charge on any atom is -0.330 e. The third kappa shape index (κ3) is 2.63. The van der Waals surface area contributed by atoms with E-state index in [0.29, 0.717) is 18.9 Å². The first-order valence-electron chi connectivity index (χ1n) is 8.74. The molecule has 1 heterocycles. The van der Waals surface area contributed by atoms with E-state index < -0.39 is 0 Å². The highest BCUT2D eigenvalue weighted by Crippen LogP contribution is 2.46. The molecule has 118 valence electrons. The Morgan fingerprint density at radius 2 is 1.67 bits per heavy atom. The third-order valence-corrected chi connectivity index (χ3v) is 5.99. The fourth-order valence-electron chi connectivity index (χ4n) is 4.75. The van der Waals surface area contributed by atoms with Gasteiger partial charge in [0.05, 0.1) is 5.41 Å². The number of nitrogens with zero attached hydrogens (tertiary/aromatic N) is 1. The number of likely N-dealkylation sites (tertiary alicyclic amines) is 1. The molecule has 2 amide bonds. The lowest BCUT2D eigenvalue weighted by Crippen LogP contribution is -2.49. The van der Waals surface area contributed by atoms with E-state index in [-0.39, 0.29) is 23.3 Å². The molecule has 1 spiro atoms. The molecular weight excluding hydrogens is 264 g/mol. The summed E-state index contributed by atoms with van der Waals surface area (Å²) in [5, 5.41) is 0. The minimum atomic E-state index is -0.357. The van der Waals surface area contributed by atoms with Gasteiger partial charge in [-0.15, -0.1) is 0 Å². The van der Waals surface area contributed by atoms with Gasteiger partial charge in [-0.1, -0.05) is 38.5 Å². The molecule has 4 nitrogen and oxygen atoms in total. The van der Waals surface area contributed by atoms with Crippen LogP contribution in [0.4, 0.5) is 0 Å². The molecule has 2 N–H and O–H groups in total. The van der Waals surface area contributed by atoms with Crippen LogP contribution in [-0.2, 0) is 9.59 Å². The van der Waals surface area contributed by atoms with Gasteiger partial charge in [-0.25, -0.2) is 0 Å². The smallest absolute Gasteiger partial charge is 0.236 e. The normalized spacial score (nSPS) is 33.5. The highest BCUT2D eigenvalue weighted by Gasteiger charge is 2.53. The summed E-state index contributed by atoms with van der Waals surface area (Å²) in [6.45, 7) is 0.592. The topological polar surface area (TPSA) is 63.4 Å². The SMILES string of the molecule is NCC1CCCCC1N1C(=O)CC2(CCCCCC2)C1=O. The van der Waals surface area contributed by atoms with Gasteiger partial charge >= 0.3 is 0 Å². The number of carbonyl (C=O) groups is 2. The number of nitrogens with two attached hydrogens (primary N) is 1. The van der Waals surface area contributed by atoms with Crippen molar-refractivity contribution in [1.82, 2.24) is 4.90 Å². The average Bonchev–Trinajstić information content (AvgIpc) is 2.66. The molecule has 2 aliphatic carbocycles. The van der Waals surface area contributed by atoms with Crippen molar-refractivity contribution in [2.75, 3.05) is 6.54 Å². The van der Waals surface area contributed by atoms with E-state index >= 15 is 0 Å². The molecule has 0 bridgehead atoms. The Kier molecular flexibility index (Phi) is 4.34. The number of hydrogen-bond acceptors (Lipinski definition) is 3. The Hall–Kier alpha value is -0.900. The van der Waals surface area contributed by atoms with Crippen LogP contribution in [0.1, 0.15) is 70.6 Å². The predicted octanol–water partition coefficient (Wildman–Crippen LogP) is 2.60. The number of amides is 2. The average molecular weight is 292 g/mol. The number of imide groups is 1. The summed E-state index contributed by atoms with van der Waals surface area (Å²) >= 11 is 0. The molecule has 0 aromatic carbocycles. The molecule has 3 aliphatic rings. The van der Waals surface area contributed by atoms with Crippen LogP contribution >= 0.6 is 0 Å². The van der Waals surface area contributed by atoms with Gasteiger partial charge in [-0.3, -0.25) is 14.5 Å². The van der Waals surface area contributed by atoms with E-state index in [4.69, 9.17) is 5.73 Å². The zero-order valence-electron chi connectivity index (χ0n) is 13.0. The lowest BCUT2D eigenvalue weighted by atomic mass is 9.78. The first-order chi connectivity index (χ1) is 10.2. The molecule has 3 rings (SSSR count). The molecule has 2 unspecified atom stereocenters. The fraction of sp³-hybridized carbons (Fsp3) is 0.882. The van der Waals surface area contributed by atoms with Crippen LogP contribution in [0.25, 0.3) is 0 Å². The molecule has 4 heteroatoms. The van der Waals surface area contributed by atoms with Crippen LogP contribution < -0.4 is 5.73 Å². The standard InChI is InChI=1S/C17H28N2O2/c18-12-13-7-3-4-8-14(13)19-15(20)11-17(16(19)21)9-5-1-2-6-10-17/h13-14H,1-12,18H2. The van der Waals surface area contributed by atoms with Crippen LogP contribution in [0.15, 0.2) is 0 Å². The Balaban J connectivity index is 1.82. The van der Waals surface area contributed by atoms with E-state index in [9.17, 15) is 9.59 Å². The maximum Gasteiger partial charge on any atom is 0.236 e. The summed E-state index contributed by atoms with van der Waals surface area (Å²) in [6, 6.07) is 0.0754. The van der Waals surface area contributed by atoms with Crippen molar-refractivity contribution in [2.24, 2.45) is 17.1 Å². The highest BCUT2D eigenvalue weighted by molar-refractivity contribution is 6.06. The van der Waals surface area contributed by atoms with Gasteiger partial charge in [0, 0.05) is 12.5 Å². The molecule has 1 saturated heterocycles. The van der Waals surface area contributed by atoms with E-state index in [1.165, 1.54) is 19.3 Å². The van der Waals surface area contributed by atoms with Crippen molar-refractivity contribution in [1.29, 1.82) is 0 Å². The van der Waals surface area contributed by atoms with Gasteiger partial charge in [0.25, 0.3) is 0 Å². The monoisotopic (exact) mass is 292 g/mol. The predicted molar refractivity (Wildman–Crippen MR) is 81.4 cm³/mol. The number of hydrogen-bond donors (Lipinski definition) is 1. The third-order valence-electron chi connectivity index (χ3n) is 5.99. The summed E-state index contributed by atoms with van der Waals surface area (Å²) < 4.78 is 0. The van der Waals surface area contributed by atoms with Gasteiger partial charge < -0.3 is 5.73 Å². The van der Waals surface area contributed by atoms with Crippen LogP contribution in [0.5, 0.6) is 0 Å². The molecule has 1 aliphatic heterocycles. The molecule has 0 aromatic heterocycles. The zero-order chi connectivity index (χ0) is 14.9. The summed E-state index contributed by atoms with van der Waals surface area (Å²) in [5.41, 5.74) is 5.54. The second-order valence-corrected chi connectivity index (χ2v) is 7.29. The van der Waals surface area contributed by atoms with Gasteiger partial charge in [-0.2, -0.15) is 0 Å². The first-order valence-corrected chi connectivity index (χ1v) is 8.74. The fourth-order valence-corrected chi connectivity index (χ4v) is 4.75. The summed E-state index contributed by atoms with van der Waals surface area (Å²) in [4.78, 5) is 27.3. The van der Waals surface area contributed by atoms with Gasteiger partial charge in [0.2, 0.25) is 11.8 Å². The Morgan fingerprint density at radius 3 is 2.33 bits per heavy atom. The highest BCUT2D eigenvalue weighted by atomic mass is 16.2. The van der Waals surface area contributed by atoms with E-state index in [0.717, 1.165) is 44.9 Å². The zero-order valence-corrected chi connectivity index (χ0v) is 13.0. The lowest BCUT2D eigenvalue weighted by Gasteiger charge is -2.37. The number of carbonyl (C=O) groups excluding carboxylic acids is 2. The lowest BCUT2D eigenvalue weighted by molar-refractivity contribution is -0.146. The maximum atomic E-state index is 13.1. The number of rotatable bonds is 2. The van der Waals surface area contributed by atoms with E-state index in [1.807, 2.05) is 0 Å². The van der Waals surface area contributed by atoms with Gasteiger partial charge in [0.15, 0.2) is 0 Å². The van der Waals surface area contributed by atoms with Crippen LogP contribution in [-0.4, -0.2) is 29.3 Å². The van der Waals surface area contributed by atoms with Crippen molar-refractivity contribution in [3.05, 3.63) is 0 Å². The molecular formula is C17H28N2O2. The molecule has 2 atom stereocenters. The van der Waals surface area contributed by atoms with Crippen molar-refractivity contribution in [2.45, 2.75) is 76.7 Å². The second-order valence-electron chi connectivity index (χ2n) is 7.29. The van der Waals surface area contributed by atoms with E-state index in [1.54, 1.807) is 4.90 Å². The Bertz CT molecular complexity index is 413. The molecule has 21 heavy (non-hydrogen) atoms. The van der Waals surface area contributed by atoms with Crippen LogP contribution in [0.2, 0.25) is 0 Å². The van der Waals surface area contributed by atoms with Gasteiger partial charge in [0.1, 0.15) is 0 Å². The van der Waals surface area contributed by atoms with Crippen molar-refractivity contribution >= 4 is 11.8 Å². The quantitative estimate of drug-likeness (QED) is 0.796.